The molecule has 3 saturated heterocycles. The molecule has 2 aromatic heterocycles. The van der Waals surface area contributed by atoms with Crippen molar-refractivity contribution in [1.29, 1.82) is 5.26 Å². The van der Waals surface area contributed by atoms with Crippen LogP contribution in [-0.2, 0) is 9.47 Å². The molecule has 5 heterocycles. The van der Waals surface area contributed by atoms with Crippen molar-refractivity contribution < 1.29 is 41.4 Å². The summed E-state index contributed by atoms with van der Waals surface area (Å²) in [6.45, 7) is 11.9. The van der Waals surface area contributed by atoms with E-state index in [0.29, 0.717) is 19.4 Å². The van der Waals surface area contributed by atoms with Crippen molar-refractivity contribution in [2.45, 2.75) is 96.2 Å². The highest BCUT2D eigenvalue weighted by Crippen LogP contribution is 2.46. The predicted octanol–water partition coefficient (Wildman–Crippen LogP) is 8.55. The van der Waals surface area contributed by atoms with Crippen molar-refractivity contribution in [2.75, 3.05) is 50.1 Å². The average Bonchev–Trinajstić information content (AvgIpc) is 3.89. The highest BCUT2D eigenvalue weighted by Gasteiger charge is 2.49. The summed E-state index contributed by atoms with van der Waals surface area (Å²) in [5, 5.41) is 12.6. The molecule has 0 aliphatic carbocycles. The second-order valence-electron chi connectivity index (χ2n) is 17.0. The number of hydrogen-bond donors (Lipinski definition) is 1. The number of thiophene rings is 1. The number of likely N-dealkylation sites (tertiary alicyclic amines) is 1. The number of amides is 2. The first-order valence-corrected chi connectivity index (χ1v) is 19.7. The van der Waals surface area contributed by atoms with Crippen molar-refractivity contribution in [3.8, 4) is 23.2 Å². The van der Waals surface area contributed by atoms with Gasteiger partial charge in [0, 0.05) is 49.9 Å². The second-order valence-corrected chi connectivity index (χ2v) is 18.0. The van der Waals surface area contributed by atoms with E-state index < -0.39 is 58.1 Å². The van der Waals surface area contributed by atoms with E-state index >= 15 is 13.2 Å². The maximum absolute atomic E-state index is 17.2. The highest BCUT2D eigenvalue weighted by atomic mass is 32.1. The van der Waals surface area contributed by atoms with Gasteiger partial charge in [-0.15, -0.1) is 11.3 Å². The number of nitrogens with zero attached hydrogens (tertiary/aromatic N) is 6. The molecular weight excluding hydrogens is 767 g/mol. The Morgan fingerprint density at radius 1 is 1.07 bits per heavy atom. The normalized spacial score (nSPS) is 21.2. The van der Waals surface area contributed by atoms with Gasteiger partial charge in [-0.1, -0.05) is 6.07 Å². The Bertz CT molecular complexity index is 2300. The molecule has 3 aliphatic rings. The number of carbonyl (C=O) groups excluding carboxylic acids is 2. The first-order valence-electron chi connectivity index (χ1n) is 18.9. The minimum Gasteiger partial charge on any atom is -0.461 e. The Balaban J connectivity index is 1.33. The quantitative estimate of drug-likeness (QED) is 0.181. The molecule has 304 valence electrons. The van der Waals surface area contributed by atoms with Crippen LogP contribution in [0.15, 0.2) is 18.2 Å². The number of carbonyl (C=O) groups is 2. The maximum Gasteiger partial charge on any atom is 0.412 e. The van der Waals surface area contributed by atoms with Crippen molar-refractivity contribution in [1.82, 2.24) is 19.8 Å². The fourth-order valence-electron chi connectivity index (χ4n) is 8.08. The van der Waals surface area contributed by atoms with Crippen LogP contribution >= 0.6 is 11.3 Å². The third-order valence-electron chi connectivity index (χ3n) is 10.6. The van der Waals surface area contributed by atoms with Crippen LogP contribution in [0.5, 0.6) is 6.01 Å². The molecule has 0 spiro atoms. The maximum atomic E-state index is 17.2. The number of hydrogen-bond acceptors (Lipinski definition) is 11. The number of rotatable bonds is 7. The van der Waals surface area contributed by atoms with Crippen molar-refractivity contribution in [2.24, 2.45) is 0 Å². The standard InChI is InChI=1S/C40H45F4N7O5S/c1-38(2,3)55-36(52)48-34-25(17-45)28-23(9-10-26(42)32(28)57-34)29-27(43)15-24-31(30(29)44)46-35(54-20-40-12-8-13-51(40)18-21(41)16-40)47-33(24)49(7)22-11-14-50(19-22)37(53)56-39(4,5)6/h9-10,15,21-22H,8,11-14,16,18-20H2,1-7H3,(H,48,52)/t21-,22+,40+/m1/s1. The van der Waals surface area contributed by atoms with Crippen LogP contribution in [0.2, 0.25) is 0 Å². The van der Waals surface area contributed by atoms with Gasteiger partial charge in [-0.25, -0.2) is 27.2 Å². The van der Waals surface area contributed by atoms with E-state index in [-0.39, 0.29) is 81.1 Å². The Morgan fingerprint density at radius 2 is 1.81 bits per heavy atom. The van der Waals surface area contributed by atoms with Gasteiger partial charge in [0.25, 0.3) is 0 Å². The zero-order valence-corrected chi connectivity index (χ0v) is 33.7. The topological polar surface area (TPSA) is 133 Å². The van der Waals surface area contributed by atoms with Gasteiger partial charge in [-0.3, -0.25) is 10.2 Å². The van der Waals surface area contributed by atoms with E-state index in [9.17, 15) is 19.2 Å². The van der Waals surface area contributed by atoms with Crippen LogP contribution < -0.4 is 15.0 Å². The van der Waals surface area contributed by atoms with Crippen LogP contribution in [0.25, 0.3) is 32.1 Å². The third-order valence-corrected chi connectivity index (χ3v) is 11.7. The zero-order valence-electron chi connectivity index (χ0n) is 32.9. The molecule has 0 radical (unpaired) electrons. The zero-order chi connectivity index (χ0) is 41.2. The smallest absolute Gasteiger partial charge is 0.412 e. The molecule has 57 heavy (non-hydrogen) atoms. The van der Waals surface area contributed by atoms with Crippen molar-refractivity contribution in [3.05, 3.63) is 41.2 Å². The number of benzene rings is 2. The monoisotopic (exact) mass is 811 g/mol. The van der Waals surface area contributed by atoms with Crippen LogP contribution in [-0.4, -0.2) is 101 Å². The number of nitrogens with one attached hydrogen (secondary N) is 1. The summed E-state index contributed by atoms with van der Waals surface area (Å²) in [6, 6.07) is 4.70. The van der Waals surface area contributed by atoms with Gasteiger partial charge in [-0.2, -0.15) is 15.2 Å². The molecule has 4 aromatic rings. The third kappa shape index (κ3) is 7.85. The van der Waals surface area contributed by atoms with Crippen LogP contribution in [0.3, 0.4) is 0 Å². The lowest BCUT2D eigenvalue weighted by Gasteiger charge is -2.31. The Kier molecular flexibility index (Phi) is 10.4. The van der Waals surface area contributed by atoms with E-state index in [1.807, 2.05) is 6.07 Å². The van der Waals surface area contributed by atoms with Crippen LogP contribution in [0, 0.1) is 28.8 Å². The molecule has 12 nitrogen and oxygen atoms in total. The lowest BCUT2D eigenvalue weighted by Crippen LogP contribution is -2.43. The number of fused-ring (bicyclic) bond motifs is 3. The summed E-state index contributed by atoms with van der Waals surface area (Å²) in [7, 11) is 1.70. The first kappa shape index (κ1) is 40.3. The summed E-state index contributed by atoms with van der Waals surface area (Å²) in [4.78, 5) is 40.1. The first-order chi connectivity index (χ1) is 26.8. The van der Waals surface area contributed by atoms with Gasteiger partial charge < -0.3 is 24.0 Å². The number of nitriles is 1. The Morgan fingerprint density at radius 3 is 2.51 bits per heavy atom. The molecule has 3 atom stereocenters. The fourth-order valence-corrected chi connectivity index (χ4v) is 9.15. The van der Waals surface area contributed by atoms with E-state index in [1.54, 1.807) is 58.4 Å². The van der Waals surface area contributed by atoms with Gasteiger partial charge in [-0.05, 0) is 85.0 Å². The molecule has 3 aliphatic heterocycles. The largest absolute Gasteiger partial charge is 0.461 e. The van der Waals surface area contributed by atoms with Gasteiger partial charge in [0.15, 0.2) is 5.82 Å². The molecular formula is C40H45F4N7O5S. The molecule has 17 heteroatoms. The van der Waals surface area contributed by atoms with E-state index in [4.69, 9.17) is 14.2 Å². The number of aromatic nitrogens is 2. The SMILES string of the molecule is CN(c1nc(OC[C@@]23CCCN2C[C@H](F)C3)nc2c(F)c(-c3ccc(F)c4sc(NC(=O)OC(C)(C)C)c(C#N)c34)c(F)cc12)[C@H]1CCN(C(=O)OC(C)(C)C)C1. The summed E-state index contributed by atoms with van der Waals surface area (Å²) >= 11 is 0.733. The molecule has 3 fully saturated rings. The minimum atomic E-state index is -1.12. The van der Waals surface area contributed by atoms with Gasteiger partial charge in [0.2, 0.25) is 0 Å². The lowest BCUT2D eigenvalue weighted by atomic mass is 9.95. The Labute approximate surface area is 331 Å². The second kappa shape index (κ2) is 14.8. The molecule has 1 N–H and O–H groups in total. The van der Waals surface area contributed by atoms with E-state index in [2.05, 4.69) is 20.2 Å². The summed E-state index contributed by atoms with van der Waals surface area (Å²) in [5.74, 6) is -2.80. The molecule has 0 bridgehead atoms. The van der Waals surface area contributed by atoms with Crippen LogP contribution in [0.1, 0.15) is 72.8 Å². The van der Waals surface area contributed by atoms with E-state index in [1.165, 1.54) is 6.07 Å². The lowest BCUT2D eigenvalue weighted by molar-refractivity contribution is 0.0292. The van der Waals surface area contributed by atoms with E-state index in [0.717, 1.165) is 36.4 Å². The van der Waals surface area contributed by atoms with Gasteiger partial charge >= 0.3 is 18.2 Å². The number of anilines is 2. The number of alkyl halides is 1. The molecule has 2 aromatic carbocycles. The summed E-state index contributed by atoms with van der Waals surface area (Å²) < 4.78 is 80.8. The predicted molar refractivity (Wildman–Crippen MR) is 208 cm³/mol. The van der Waals surface area contributed by atoms with Gasteiger partial charge in [0.1, 0.15) is 58.0 Å². The summed E-state index contributed by atoms with van der Waals surface area (Å²) in [5.41, 5.74) is -3.41. The molecule has 0 saturated carbocycles. The molecule has 0 unspecified atom stereocenters. The molecule has 7 rings (SSSR count). The summed E-state index contributed by atoms with van der Waals surface area (Å²) in [6.07, 6.45) is -0.0645. The number of halogens is 4. The van der Waals surface area contributed by atoms with Crippen molar-refractivity contribution >= 4 is 55.3 Å². The Hall–Kier alpha value is -4.95. The number of ether oxygens (including phenoxy) is 3. The van der Waals surface area contributed by atoms with Crippen molar-refractivity contribution in [3.63, 3.8) is 0 Å². The minimum absolute atomic E-state index is 0.00104. The average molecular weight is 812 g/mol. The highest BCUT2D eigenvalue weighted by molar-refractivity contribution is 7.23. The van der Waals surface area contributed by atoms with Crippen LogP contribution in [0.4, 0.5) is 38.0 Å². The fraction of sp³-hybridized carbons (Fsp3) is 0.525. The number of likely N-dealkylation sites (N-methyl/N-ethyl adjacent to an activating group) is 1. The molecule has 2 amide bonds. The van der Waals surface area contributed by atoms with Gasteiger partial charge in [0.05, 0.1) is 21.4 Å².